The topological polar surface area (TPSA) is 79.7 Å². The van der Waals surface area contributed by atoms with Crippen molar-refractivity contribution in [3.05, 3.63) is 82.4 Å². The van der Waals surface area contributed by atoms with Gasteiger partial charge in [-0.15, -0.1) is 11.3 Å². The van der Waals surface area contributed by atoms with Crippen molar-refractivity contribution in [3.63, 3.8) is 0 Å². The van der Waals surface area contributed by atoms with Gasteiger partial charge >= 0.3 is 5.91 Å². The number of benzene rings is 2. The molecule has 1 N–H and O–H groups in total. The molecule has 3 aromatic rings. The van der Waals surface area contributed by atoms with Gasteiger partial charge in [0.15, 0.2) is 5.13 Å². The summed E-state index contributed by atoms with van der Waals surface area (Å²) in [6.07, 6.45) is 1.57. The Labute approximate surface area is 171 Å². The van der Waals surface area contributed by atoms with Gasteiger partial charge in [-0.3, -0.25) is 14.5 Å². The van der Waals surface area contributed by atoms with E-state index in [-0.39, 0.29) is 11.3 Å². The van der Waals surface area contributed by atoms with Crippen molar-refractivity contribution in [2.75, 3.05) is 12.0 Å². The second kappa shape index (κ2) is 7.52. The number of amides is 1. The molecule has 1 saturated heterocycles. The Kier molecular flexibility index (Phi) is 4.90. The van der Waals surface area contributed by atoms with Gasteiger partial charge in [-0.25, -0.2) is 4.98 Å². The number of thiazole rings is 1. The molecule has 0 bridgehead atoms. The van der Waals surface area contributed by atoms with Crippen LogP contribution in [0.2, 0.25) is 0 Å². The van der Waals surface area contributed by atoms with Crippen LogP contribution in [-0.4, -0.2) is 28.9 Å². The van der Waals surface area contributed by atoms with Gasteiger partial charge in [0, 0.05) is 17.1 Å². The number of nitrogens with zero attached hydrogens (tertiary/aromatic N) is 2. The predicted octanol–water partition coefficient (Wildman–Crippen LogP) is 4.09. The van der Waals surface area contributed by atoms with Crippen LogP contribution in [0.3, 0.4) is 0 Å². The molecule has 1 fully saturated rings. The average Bonchev–Trinajstić information content (AvgIpc) is 3.35. The van der Waals surface area contributed by atoms with Crippen molar-refractivity contribution in [2.24, 2.45) is 0 Å². The number of aliphatic hydroxyl groups is 1. The van der Waals surface area contributed by atoms with E-state index in [1.165, 1.54) is 16.2 Å². The first-order valence-electron chi connectivity index (χ1n) is 8.92. The molecule has 0 saturated carbocycles. The first kappa shape index (κ1) is 18.9. The Hall–Kier alpha value is -3.45. The molecule has 0 spiro atoms. The number of aliphatic hydroxyl groups excluding tert-OH is 1. The minimum Gasteiger partial charge on any atom is -0.507 e. The van der Waals surface area contributed by atoms with Crippen LogP contribution in [0.1, 0.15) is 22.7 Å². The van der Waals surface area contributed by atoms with Crippen LogP contribution in [0.15, 0.2) is 65.7 Å². The summed E-state index contributed by atoms with van der Waals surface area (Å²) in [4.78, 5) is 31.4. The zero-order valence-corrected chi connectivity index (χ0v) is 16.6. The van der Waals surface area contributed by atoms with Crippen molar-refractivity contribution in [1.82, 2.24) is 4.98 Å². The van der Waals surface area contributed by atoms with Crippen LogP contribution >= 0.6 is 11.3 Å². The van der Waals surface area contributed by atoms with E-state index in [0.29, 0.717) is 22.0 Å². The summed E-state index contributed by atoms with van der Waals surface area (Å²) in [6, 6.07) is 13.4. The molecule has 1 aliphatic rings. The van der Waals surface area contributed by atoms with E-state index >= 15 is 0 Å². The molecule has 1 aliphatic heterocycles. The smallest absolute Gasteiger partial charge is 0.301 e. The lowest BCUT2D eigenvalue weighted by Crippen LogP contribution is -2.29. The number of ketones is 1. The SMILES string of the molecule is COc1ccc([C@H]2C(=C(O)c3ccc(C)cc3)C(=O)C(=O)N2c2nccs2)cc1. The number of rotatable bonds is 4. The molecule has 2 aromatic carbocycles. The first-order chi connectivity index (χ1) is 14.0. The number of aromatic nitrogens is 1. The van der Waals surface area contributed by atoms with Crippen LogP contribution in [0.4, 0.5) is 5.13 Å². The van der Waals surface area contributed by atoms with E-state index in [1.807, 2.05) is 19.1 Å². The maximum atomic E-state index is 12.9. The molecule has 1 amide bonds. The summed E-state index contributed by atoms with van der Waals surface area (Å²) in [7, 11) is 1.56. The second-order valence-electron chi connectivity index (χ2n) is 6.62. The van der Waals surface area contributed by atoms with E-state index in [9.17, 15) is 14.7 Å². The van der Waals surface area contributed by atoms with Gasteiger partial charge in [-0.1, -0.05) is 42.0 Å². The van der Waals surface area contributed by atoms with Crippen molar-refractivity contribution >= 4 is 33.9 Å². The van der Waals surface area contributed by atoms with E-state index in [0.717, 1.165) is 5.56 Å². The molecule has 4 rings (SSSR count). The molecule has 0 unspecified atom stereocenters. The van der Waals surface area contributed by atoms with E-state index in [1.54, 1.807) is 55.1 Å². The Morgan fingerprint density at radius 1 is 1.10 bits per heavy atom. The third kappa shape index (κ3) is 3.30. The Bertz CT molecular complexity index is 1090. The van der Waals surface area contributed by atoms with Gasteiger partial charge in [0.2, 0.25) is 0 Å². The fourth-order valence-corrected chi connectivity index (χ4v) is 4.00. The van der Waals surface area contributed by atoms with Crippen molar-refractivity contribution < 1.29 is 19.4 Å². The maximum absolute atomic E-state index is 12.9. The van der Waals surface area contributed by atoms with Crippen LogP contribution in [0, 0.1) is 6.92 Å². The maximum Gasteiger partial charge on any atom is 0.301 e. The summed E-state index contributed by atoms with van der Waals surface area (Å²) in [5, 5.41) is 13.1. The highest BCUT2D eigenvalue weighted by atomic mass is 32.1. The standard InChI is InChI=1S/C22H18N2O4S/c1-13-3-5-15(6-4-13)19(25)17-18(14-7-9-16(28-2)10-8-14)24(21(27)20(17)26)22-23-11-12-29-22/h3-12,18,25H,1-2H3/t18-/m0/s1. The number of aryl methyl sites for hydroxylation is 1. The lowest BCUT2D eigenvalue weighted by Gasteiger charge is -2.23. The minimum absolute atomic E-state index is 0.0409. The molecule has 29 heavy (non-hydrogen) atoms. The molecule has 1 atom stereocenters. The van der Waals surface area contributed by atoms with Crippen molar-refractivity contribution in [1.29, 1.82) is 0 Å². The number of anilines is 1. The van der Waals surface area contributed by atoms with Crippen molar-refractivity contribution in [3.8, 4) is 5.75 Å². The third-order valence-corrected chi connectivity index (χ3v) is 5.60. The van der Waals surface area contributed by atoms with Gasteiger partial charge in [0.1, 0.15) is 11.5 Å². The molecule has 6 nitrogen and oxygen atoms in total. The molecule has 7 heteroatoms. The van der Waals surface area contributed by atoms with Gasteiger partial charge < -0.3 is 9.84 Å². The third-order valence-electron chi connectivity index (χ3n) is 4.83. The number of Topliss-reactive ketones (excluding diaryl/α,β-unsaturated/α-hetero) is 1. The summed E-state index contributed by atoms with van der Waals surface area (Å²) in [5.74, 6) is -1.00. The van der Waals surface area contributed by atoms with Crippen LogP contribution in [0.25, 0.3) is 5.76 Å². The van der Waals surface area contributed by atoms with Crippen LogP contribution in [0.5, 0.6) is 5.75 Å². The zero-order valence-electron chi connectivity index (χ0n) is 15.8. The van der Waals surface area contributed by atoms with E-state index in [2.05, 4.69) is 4.98 Å². The largest absolute Gasteiger partial charge is 0.507 e. The molecular weight excluding hydrogens is 388 g/mol. The number of methoxy groups -OCH3 is 1. The molecule has 0 aliphatic carbocycles. The fraction of sp³-hybridized carbons (Fsp3) is 0.136. The number of carbonyl (C=O) groups is 2. The molecule has 2 heterocycles. The molecule has 1 aromatic heterocycles. The zero-order chi connectivity index (χ0) is 20.5. The monoisotopic (exact) mass is 406 g/mol. The Morgan fingerprint density at radius 2 is 1.79 bits per heavy atom. The van der Waals surface area contributed by atoms with Crippen molar-refractivity contribution in [2.45, 2.75) is 13.0 Å². The van der Waals surface area contributed by atoms with Gasteiger partial charge in [-0.2, -0.15) is 0 Å². The summed E-state index contributed by atoms with van der Waals surface area (Å²) in [6.45, 7) is 1.93. The van der Waals surface area contributed by atoms with E-state index in [4.69, 9.17) is 4.74 Å². The molecule has 146 valence electrons. The molecule has 0 radical (unpaired) electrons. The predicted molar refractivity (Wildman–Crippen MR) is 111 cm³/mol. The van der Waals surface area contributed by atoms with Crippen LogP contribution in [-0.2, 0) is 9.59 Å². The van der Waals surface area contributed by atoms with Gasteiger partial charge in [0.25, 0.3) is 5.78 Å². The average molecular weight is 406 g/mol. The number of hydrogen-bond donors (Lipinski definition) is 1. The normalized spacial score (nSPS) is 18.3. The summed E-state index contributed by atoms with van der Waals surface area (Å²) < 4.78 is 5.21. The fourth-order valence-electron chi connectivity index (χ4n) is 3.33. The summed E-state index contributed by atoms with van der Waals surface area (Å²) >= 11 is 1.26. The first-order valence-corrected chi connectivity index (χ1v) is 9.80. The van der Waals surface area contributed by atoms with Crippen LogP contribution < -0.4 is 9.64 Å². The number of ether oxygens (including phenoxy) is 1. The van der Waals surface area contributed by atoms with E-state index < -0.39 is 17.7 Å². The number of carbonyl (C=O) groups excluding carboxylic acids is 2. The highest BCUT2D eigenvalue weighted by Gasteiger charge is 2.47. The number of hydrogen-bond acceptors (Lipinski definition) is 6. The highest BCUT2D eigenvalue weighted by molar-refractivity contribution is 7.14. The Morgan fingerprint density at radius 3 is 2.38 bits per heavy atom. The highest BCUT2D eigenvalue weighted by Crippen LogP contribution is 2.42. The Balaban J connectivity index is 1.91. The van der Waals surface area contributed by atoms with Gasteiger partial charge in [-0.05, 0) is 24.6 Å². The van der Waals surface area contributed by atoms with Gasteiger partial charge in [0.05, 0.1) is 18.7 Å². The minimum atomic E-state index is -0.784. The molecular formula is C22H18N2O4S. The quantitative estimate of drug-likeness (QED) is 0.401. The second-order valence-corrected chi connectivity index (χ2v) is 7.50. The lowest BCUT2D eigenvalue weighted by atomic mass is 9.95. The lowest BCUT2D eigenvalue weighted by molar-refractivity contribution is -0.132. The summed E-state index contributed by atoms with van der Waals surface area (Å²) in [5.41, 5.74) is 2.22.